The van der Waals surface area contributed by atoms with E-state index < -0.39 is 11.4 Å². The number of aromatic nitrogens is 2. The lowest BCUT2D eigenvalue weighted by atomic mass is 9.88. The van der Waals surface area contributed by atoms with Crippen molar-refractivity contribution in [3.05, 3.63) is 81.5 Å². The van der Waals surface area contributed by atoms with Crippen molar-refractivity contribution in [1.82, 2.24) is 14.9 Å². The van der Waals surface area contributed by atoms with E-state index in [0.717, 1.165) is 24.8 Å². The third-order valence-corrected chi connectivity index (χ3v) is 7.10. The number of amides is 2. The minimum absolute atomic E-state index is 0.0104. The molecule has 2 aromatic carbocycles. The lowest BCUT2D eigenvalue weighted by Crippen LogP contribution is -2.38. The first-order valence-corrected chi connectivity index (χ1v) is 12.9. The molecule has 194 valence electrons. The predicted octanol–water partition coefficient (Wildman–Crippen LogP) is 4.93. The average Bonchev–Trinajstić information content (AvgIpc) is 2.88. The van der Waals surface area contributed by atoms with E-state index in [4.69, 9.17) is 0 Å². The van der Waals surface area contributed by atoms with Crippen molar-refractivity contribution >= 4 is 17.5 Å². The van der Waals surface area contributed by atoms with Gasteiger partial charge in [-0.1, -0.05) is 38.1 Å². The number of anilines is 1. The standard InChI is InChI=1S/C29H33FN4O3/c1-4-19(5-2)28(36)33-25-16-31-27(22-14-13-21(30)15-18(22)3)34(29(25)37)17-26(35)32-24-12-8-10-20-9-6-7-11-23(20)24/h6-7,9,11,13-16,19,24H,4-5,8,10,12,17H2,1-3H3,(H,32,35)(H,33,36)/t24-/m1/s1. The topological polar surface area (TPSA) is 93.1 Å². The Balaban J connectivity index is 1.68. The van der Waals surface area contributed by atoms with Gasteiger partial charge in [-0.3, -0.25) is 19.0 Å². The molecule has 3 aromatic rings. The van der Waals surface area contributed by atoms with Crippen LogP contribution in [-0.2, 0) is 22.6 Å². The number of fused-ring (bicyclic) bond motifs is 1. The van der Waals surface area contributed by atoms with Crippen molar-refractivity contribution in [2.45, 2.75) is 65.5 Å². The fourth-order valence-electron chi connectivity index (χ4n) is 5.00. The third-order valence-electron chi connectivity index (χ3n) is 7.10. The van der Waals surface area contributed by atoms with Gasteiger partial charge in [0.05, 0.1) is 12.2 Å². The van der Waals surface area contributed by atoms with Crippen molar-refractivity contribution in [3.8, 4) is 11.4 Å². The molecule has 0 fully saturated rings. The fraction of sp³-hybridized carbons (Fsp3) is 0.379. The number of hydrogen-bond acceptors (Lipinski definition) is 4. The molecule has 37 heavy (non-hydrogen) atoms. The second-order valence-electron chi connectivity index (χ2n) is 9.56. The van der Waals surface area contributed by atoms with Crippen LogP contribution in [0.2, 0.25) is 0 Å². The summed E-state index contributed by atoms with van der Waals surface area (Å²) in [6.07, 6.45) is 5.33. The molecule has 1 aliphatic rings. The summed E-state index contributed by atoms with van der Waals surface area (Å²) in [5, 5.41) is 5.77. The highest BCUT2D eigenvalue weighted by atomic mass is 19.1. The van der Waals surface area contributed by atoms with Gasteiger partial charge in [0, 0.05) is 11.5 Å². The van der Waals surface area contributed by atoms with Crippen LogP contribution < -0.4 is 16.2 Å². The van der Waals surface area contributed by atoms with Gasteiger partial charge in [-0.2, -0.15) is 0 Å². The Bertz CT molecular complexity index is 1360. The zero-order valence-electron chi connectivity index (χ0n) is 21.5. The minimum Gasteiger partial charge on any atom is -0.348 e. The minimum atomic E-state index is -0.535. The van der Waals surface area contributed by atoms with Gasteiger partial charge in [0.2, 0.25) is 11.8 Å². The van der Waals surface area contributed by atoms with E-state index in [9.17, 15) is 18.8 Å². The predicted molar refractivity (Wildman–Crippen MR) is 142 cm³/mol. The summed E-state index contributed by atoms with van der Waals surface area (Å²) < 4.78 is 15.0. The van der Waals surface area contributed by atoms with Crippen LogP contribution in [0.5, 0.6) is 0 Å². The molecule has 0 saturated carbocycles. The first kappa shape index (κ1) is 26.3. The summed E-state index contributed by atoms with van der Waals surface area (Å²) in [5.74, 6) is -0.999. The molecule has 4 rings (SSSR count). The Morgan fingerprint density at radius 1 is 1.16 bits per heavy atom. The maximum atomic E-state index is 13.8. The first-order valence-electron chi connectivity index (χ1n) is 12.9. The zero-order valence-corrected chi connectivity index (χ0v) is 21.5. The van der Waals surface area contributed by atoms with Crippen LogP contribution in [0.25, 0.3) is 11.4 Å². The lowest BCUT2D eigenvalue weighted by molar-refractivity contribution is -0.122. The average molecular weight is 505 g/mol. The van der Waals surface area contributed by atoms with E-state index in [-0.39, 0.29) is 41.8 Å². The summed E-state index contributed by atoms with van der Waals surface area (Å²) in [6, 6.07) is 12.1. The van der Waals surface area contributed by atoms with Gasteiger partial charge < -0.3 is 10.6 Å². The molecule has 0 saturated heterocycles. The normalized spacial score (nSPS) is 14.8. The maximum absolute atomic E-state index is 13.8. The molecular formula is C29H33FN4O3. The second-order valence-corrected chi connectivity index (χ2v) is 9.56. The van der Waals surface area contributed by atoms with E-state index >= 15 is 0 Å². The van der Waals surface area contributed by atoms with E-state index in [1.807, 2.05) is 32.0 Å². The number of halogens is 1. The molecule has 7 nitrogen and oxygen atoms in total. The SMILES string of the molecule is CCC(CC)C(=O)Nc1cnc(-c2ccc(F)cc2C)n(CC(=O)N[C@@H]2CCCc3ccccc32)c1=O. The van der Waals surface area contributed by atoms with E-state index in [1.54, 1.807) is 13.0 Å². The summed E-state index contributed by atoms with van der Waals surface area (Å²) in [5.41, 5.74) is 2.90. The number of aryl methyl sites for hydroxylation is 2. The smallest absolute Gasteiger partial charge is 0.278 e. The molecule has 2 N–H and O–H groups in total. The Morgan fingerprint density at radius 3 is 2.65 bits per heavy atom. The van der Waals surface area contributed by atoms with Gasteiger partial charge >= 0.3 is 0 Å². The van der Waals surface area contributed by atoms with E-state index in [0.29, 0.717) is 24.0 Å². The number of carbonyl (C=O) groups excluding carboxylic acids is 2. The van der Waals surface area contributed by atoms with Crippen molar-refractivity contribution < 1.29 is 14.0 Å². The van der Waals surface area contributed by atoms with Gasteiger partial charge in [0.15, 0.2) is 0 Å². The van der Waals surface area contributed by atoms with E-state index in [2.05, 4.69) is 21.7 Å². The van der Waals surface area contributed by atoms with Crippen molar-refractivity contribution in [2.75, 3.05) is 5.32 Å². The van der Waals surface area contributed by atoms with Crippen LogP contribution in [0.1, 0.15) is 62.3 Å². The van der Waals surface area contributed by atoms with Crippen LogP contribution >= 0.6 is 0 Å². The van der Waals surface area contributed by atoms with Crippen LogP contribution in [0, 0.1) is 18.7 Å². The monoisotopic (exact) mass is 504 g/mol. The highest BCUT2D eigenvalue weighted by Gasteiger charge is 2.24. The summed E-state index contributed by atoms with van der Waals surface area (Å²) >= 11 is 0. The quantitative estimate of drug-likeness (QED) is 0.455. The van der Waals surface area contributed by atoms with Crippen LogP contribution in [0.4, 0.5) is 10.1 Å². The number of rotatable bonds is 8. The lowest BCUT2D eigenvalue weighted by Gasteiger charge is -2.26. The summed E-state index contributed by atoms with van der Waals surface area (Å²) in [4.78, 5) is 43.9. The van der Waals surface area contributed by atoms with Gasteiger partial charge in [-0.05, 0) is 73.9 Å². The maximum Gasteiger partial charge on any atom is 0.278 e. The Kier molecular flexibility index (Phi) is 8.16. The van der Waals surface area contributed by atoms with Crippen LogP contribution in [0.15, 0.2) is 53.5 Å². The second kappa shape index (κ2) is 11.5. The third kappa shape index (κ3) is 5.79. The molecule has 0 radical (unpaired) electrons. The van der Waals surface area contributed by atoms with Gasteiger partial charge in [0.25, 0.3) is 5.56 Å². The molecule has 0 bridgehead atoms. The fourth-order valence-corrected chi connectivity index (χ4v) is 5.00. The number of carbonyl (C=O) groups is 2. The van der Waals surface area contributed by atoms with E-state index in [1.165, 1.54) is 28.5 Å². The number of nitrogens with one attached hydrogen (secondary N) is 2. The highest BCUT2D eigenvalue weighted by Crippen LogP contribution is 2.29. The van der Waals surface area contributed by atoms with Crippen molar-refractivity contribution in [1.29, 1.82) is 0 Å². The summed E-state index contributed by atoms with van der Waals surface area (Å²) in [6.45, 7) is 5.26. The molecule has 8 heteroatoms. The number of hydrogen-bond donors (Lipinski definition) is 2. The number of benzene rings is 2. The molecule has 1 aromatic heterocycles. The van der Waals surface area contributed by atoms with Crippen LogP contribution in [-0.4, -0.2) is 21.4 Å². The van der Waals surface area contributed by atoms with Gasteiger partial charge in [0.1, 0.15) is 23.9 Å². The van der Waals surface area contributed by atoms with Crippen molar-refractivity contribution in [3.63, 3.8) is 0 Å². The van der Waals surface area contributed by atoms with Crippen LogP contribution in [0.3, 0.4) is 0 Å². The zero-order chi connectivity index (χ0) is 26.5. The molecule has 0 unspecified atom stereocenters. The number of nitrogens with zero attached hydrogens (tertiary/aromatic N) is 2. The summed E-state index contributed by atoms with van der Waals surface area (Å²) in [7, 11) is 0. The van der Waals surface area contributed by atoms with Crippen molar-refractivity contribution in [2.24, 2.45) is 5.92 Å². The Labute approximate surface area is 216 Å². The first-order chi connectivity index (χ1) is 17.8. The van der Waals surface area contributed by atoms with Gasteiger partial charge in [-0.25, -0.2) is 9.37 Å². The highest BCUT2D eigenvalue weighted by molar-refractivity contribution is 5.92. The Morgan fingerprint density at radius 2 is 1.92 bits per heavy atom. The molecule has 1 heterocycles. The largest absolute Gasteiger partial charge is 0.348 e. The molecule has 0 spiro atoms. The molecule has 1 atom stereocenters. The molecule has 0 aliphatic heterocycles. The molecule has 1 aliphatic carbocycles. The molecular weight excluding hydrogens is 471 g/mol. The Hall–Kier alpha value is -3.81. The molecule has 2 amide bonds. The van der Waals surface area contributed by atoms with Gasteiger partial charge in [-0.15, -0.1) is 0 Å².